The third kappa shape index (κ3) is 11.5. The standard InChI is InChI=1S/C56H71F2N9O10S/c1-32-46(43-29-78-31-60-43)47(32)52(68)62-49-51(75-28-45(57)58)42-27-76-53(61-42)34-8-9-44-38(21-34)40(23-56(3,4)30-77-55(70)41-7-6-12-67(63-41)54(49)69)50(66(44)17-20-74-37-10-18-72-19-11-37)39-22-35(24-59-48(39)33(2)71-5)64-13-15-65(16-14-64)36-25-73-26-36/h8-9,21-22,24,27,29,31-33,36-37,41,45-47,49,51,63H,6-7,10-20,23,25-26,28,30H2,1-5H3,(H,62,68)/t32-,33+,41+,46+,47?,49+,51-/m1/s1. The summed E-state index contributed by atoms with van der Waals surface area (Å²) in [5.74, 6) is -2.41. The van der Waals surface area contributed by atoms with Gasteiger partial charge >= 0.3 is 5.97 Å². The summed E-state index contributed by atoms with van der Waals surface area (Å²) in [6.07, 6.45) is 1.25. The number of thiazole rings is 1. The summed E-state index contributed by atoms with van der Waals surface area (Å²) in [6.45, 7) is 14.3. The molecular formula is C56H71F2N9O10S. The van der Waals surface area contributed by atoms with E-state index in [2.05, 4.69) is 50.0 Å². The number of hydrogen-bond acceptors (Lipinski definition) is 17. The highest BCUT2D eigenvalue weighted by atomic mass is 32.1. The number of halogens is 2. The van der Waals surface area contributed by atoms with Gasteiger partial charge in [0, 0.05) is 104 Å². The number of pyridine rings is 1. The van der Waals surface area contributed by atoms with Crippen molar-refractivity contribution in [3.05, 3.63) is 70.3 Å². The highest BCUT2D eigenvalue weighted by Gasteiger charge is 2.55. The minimum atomic E-state index is -2.92. The Morgan fingerprint density at radius 1 is 1.01 bits per heavy atom. The summed E-state index contributed by atoms with van der Waals surface area (Å²) in [5, 5.41) is 6.92. The zero-order valence-corrected chi connectivity index (χ0v) is 45.8. The van der Waals surface area contributed by atoms with Crippen LogP contribution in [0.2, 0.25) is 0 Å². The van der Waals surface area contributed by atoms with Gasteiger partial charge in [-0.3, -0.25) is 29.3 Å². The second-order valence-corrected chi connectivity index (χ2v) is 23.1. The topological polar surface area (TPSA) is 197 Å². The van der Waals surface area contributed by atoms with Crippen molar-refractivity contribution in [1.82, 2.24) is 40.2 Å². The first-order valence-corrected chi connectivity index (χ1v) is 28.4. The molecule has 22 heteroatoms. The number of ether oxygens (including phenoxy) is 6. The Balaban J connectivity index is 1.04. The van der Waals surface area contributed by atoms with E-state index in [1.807, 2.05) is 43.6 Å². The zero-order valence-electron chi connectivity index (χ0n) is 45.0. The predicted octanol–water partition coefficient (Wildman–Crippen LogP) is 6.72. The van der Waals surface area contributed by atoms with Crippen molar-refractivity contribution < 1.29 is 56.0 Å². The highest BCUT2D eigenvalue weighted by molar-refractivity contribution is 7.07. The smallest absolute Gasteiger partial charge is 0.324 e. The summed E-state index contributed by atoms with van der Waals surface area (Å²) in [7, 11) is 1.68. The first kappa shape index (κ1) is 54.5. The van der Waals surface area contributed by atoms with E-state index in [-0.39, 0.29) is 42.7 Å². The Morgan fingerprint density at radius 2 is 1.82 bits per heavy atom. The van der Waals surface area contributed by atoms with Crippen molar-refractivity contribution >= 4 is 45.7 Å². The molecule has 5 aromatic rings. The van der Waals surface area contributed by atoms with Crippen LogP contribution in [0, 0.1) is 17.3 Å². The molecule has 6 aliphatic rings. The number of methoxy groups -OCH3 is 1. The van der Waals surface area contributed by atoms with E-state index < -0.39 is 66.4 Å². The number of carbonyl (C=O) groups excluding carboxylic acids is 3. The highest BCUT2D eigenvalue weighted by Crippen LogP contribution is 2.54. The molecule has 5 aliphatic heterocycles. The normalized spacial score (nSPS) is 25.9. The van der Waals surface area contributed by atoms with Crippen LogP contribution in [-0.2, 0) is 55.8 Å². The fourth-order valence-corrected chi connectivity index (χ4v) is 12.6. The minimum Gasteiger partial charge on any atom is -0.464 e. The third-order valence-electron chi connectivity index (χ3n) is 16.5. The Hall–Kier alpha value is -5.46. The van der Waals surface area contributed by atoms with E-state index in [1.165, 1.54) is 22.6 Å². The van der Waals surface area contributed by atoms with Crippen LogP contribution in [-0.4, -0.2) is 164 Å². The largest absolute Gasteiger partial charge is 0.464 e. The van der Waals surface area contributed by atoms with Gasteiger partial charge < -0.3 is 47.6 Å². The van der Waals surface area contributed by atoms with Crippen LogP contribution in [0.15, 0.2) is 52.0 Å². The molecule has 2 amide bonds. The summed E-state index contributed by atoms with van der Waals surface area (Å²) in [4.78, 5) is 63.0. The molecule has 1 aliphatic carbocycles. The molecular weight excluding hydrogens is 1030 g/mol. The SMILES string of the molecule is CO[C@@H](C)c1ncc(N2CCN(C3COC3)CC2)cc1-c1c2c3cc(ccc3n1CCOC1CCOCC1)-c1nc(co1)[C@@H](OCC(F)F)[C@H](NC(=O)C1[C@H](C)[C@H]1c1cscn1)C(=O)N1CCC[C@H](N1)C(=O)OCC(C)(C)C2. The lowest BCUT2D eigenvalue weighted by Gasteiger charge is -2.43. The molecule has 0 radical (unpaired) electrons. The molecule has 11 rings (SSSR count). The van der Waals surface area contributed by atoms with Gasteiger partial charge in [-0.2, -0.15) is 0 Å². The number of fused-ring (bicyclic) bond motifs is 6. The number of piperazine rings is 1. The van der Waals surface area contributed by atoms with Crippen LogP contribution in [0.25, 0.3) is 33.6 Å². The Labute approximate surface area is 456 Å². The zero-order chi connectivity index (χ0) is 54.2. The Morgan fingerprint density at radius 3 is 2.55 bits per heavy atom. The number of benzene rings is 1. The summed E-state index contributed by atoms with van der Waals surface area (Å²) in [6, 6.07) is 6.11. The van der Waals surface area contributed by atoms with E-state index in [0.29, 0.717) is 57.2 Å². The number of cyclic esters (lactones) is 1. The molecule has 9 heterocycles. The number of amides is 2. The van der Waals surface area contributed by atoms with Gasteiger partial charge in [-0.1, -0.05) is 20.8 Å². The third-order valence-corrected chi connectivity index (χ3v) is 17.1. The predicted molar refractivity (Wildman–Crippen MR) is 285 cm³/mol. The number of alkyl halides is 2. The average molecular weight is 1100 g/mol. The number of anilines is 1. The van der Waals surface area contributed by atoms with E-state index in [1.54, 1.807) is 12.6 Å². The molecule has 1 saturated carbocycles. The van der Waals surface area contributed by atoms with Crippen molar-refractivity contribution in [2.45, 2.75) is 115 Å². The number of esters is 1. The first-order valence-electron chi connectivity index (χ1n) is 27.5. The van der Waals surface area contributed by atoms with Gasteiger partial charge in [-0.25, -0.2) is 24.2 Å². The molecule has 6 bridgehead atoms. The molecule has 19 nitrogen and oxygen atoms in total. The maximum atomic E-state index is 14.9. The second kappa shape index (κ2) is 23.3. The van der Waals surface area contributed by atoms with Gasteiger partial charge in [-0.05, 0) is 74.8 Å². The summed E-state index contributed by atoms with van der Waals surface area (Å²) >= 11 is 1.42. The lowest BCUT2D eigenvalue weighted by atomic mass is 9.84. The van der Waals surface area contributed by atoms with E-state index in [9.17, 15) is 23.2 Å². The molecule has 4 saturated heterocycles. The molecule has 0 spiro atoms. The lowest BCUT2D eigenvalue weighted by Crippen LogP contribution is -2.61. The van der Waals surface area contributed by atoms with Crippen LogP contribution >= 0.6 is 11.3 Å². The number of oxazole rings is 1. The molecule has 4 aromatic heterocycles. The summed E-state index contributed by atoms with van der Waals surface area (Å²) in [5.41, 5.74) is 10.9. The van der Waals surface area contributed by atoms with Gasteiger partial charge in [0.15, 0.2) is 0 Å². The van der Waals surface area contributed by atoms with Gasteiger partial charge in [0.05, 0.1) is 79.2 Å². The number of aromatic nitrogens is 4. The van der Waals surface area contributed by atoms with E-state index in [0.717, 1.165) is 97.0 Å². The van der Waals surface area contributed by atoms with Crippen molar-refractivity contribution in [1.29, 1.82) is 0 Å². The number of carbonyl (C=O) groups is 3. The van der Waals surface area contributed by atoms with Crippen molar-refractivity contribution in [3.8, 4) is 22.7 Å². The van der Waals surface area contributed by atoms with Crippen molar-refractivity contribution in [3.63, 3.8) is 0 Å². The van der Waals surface area contributed by atoms with E-state index in [4.69, 9.17) is 42.8 Å². The molecule has 78 heavy (non-hydrogen) atoms. The van der Waals surface area contributed by atoms with Crippen molar-refractivity contribution in [2.75, 3.05) is 91.0 Å². The lowest BCUT2D eigenvalue weighted by molar-refractivity contribution is -0.157. The monoisotopic (exact) mass is 1100 g/mol. The maximum absolute atomic E-state index is 14.9. The van der Waals surface area contributed by atoms with Gasteiger partial charge in [-0.15, -0.1) is 11.3 Å². The molecule has 2 N–H and O–H groups in total. The van der Waals surface area contributed by atoms with Crippen molar-refractivity contribution in [2.24, 2.45) is 17.3 Å². The molecule has 1 aromatic carbocycles. The summed E-state index contributed by atoms with van der Waals surface area (Å²) < 4.78 is 73.1. The van der Waals surface area contributed by atoms with Crippen LogP contribution in [0.1, 0.15) is 94.1 Å². The van der Waals surface area contributed by atoms with Crippen LogP contribution in [0.4, 0.5) is 14.5 Å². The minimum absolute atomic E-state index is 0.0196. The number of hydrazine groups is 1. The van der Waals surface area contributed by atoms with Gasteiger partial charge in [0.1, 0.15) is 36.8 Å². The van der Waals surface area contributed by atoms with Crippen LogP contribution < -0.4 is 15.6 Å². The molecule has 1 unspecified atom stereocenters. The fourth-order valence-electron chi connectivity index (χ4n) is 12.0. The van der Waals surface area contributed by atoms with Gasteiger partial charge in [0.2, 0.25) is 11.8 Å². The Bertz CT molecular complexity index is 2920. The maximum Gasteiger partial charge on any atom is 0.324 e. The Kier molecular flexibility index (Phi) is 16.3. The fraction of sp³-hybridized carbons (Fsp3) is 0.607. The van der Waals surface area contributed by atoms with Crippen LogP contribution in [0.3, 0.4) is 0 Å². The molecule has 420 valence electrons. The quantitative estimate of drug-likeness (QED) is 0.105. The number of hydrogen-bond donors (Lipinski definition) is 2. The number of nitrogens with one attached hydrogen (secondary N) is 2. The molecule has 5 fully saturated rings. The van der Waals surface area contributed by atoms with E-state index >= 15 is 0 Å². The second-order valence-electron chi connectivity index (χ2n) is 22.4. The number of rotatable bonds is 15. The molecule has 7 atom stereocenters. The average Bonchev–Trinajstić information content (AvgIpc) is 4.10. The van der Waals surface area contributed by atoms with Gasteiger partial charge in [0.25, 0.3) is 12.3 Å². The number of nitrogens with zero attached hydrogens (tertiary/aromatic N) is 7. The first-order chi connectivity index (χ1) is 37.7. The van der Waals surface area contributed by atoms with Crippen LogP contribution in [0.5, 0.6) is 0 Å².